The summed E-state index contributed by atoms with van der Waals surface area (Å²) in [6.07, 6.45) is 1.59. The second kappa shape index (κ2) is 5.97. The van der Waals surface area contributed by atoms with Crippen LogP contribution in [0.4, 0.5) is 0 Å². The van der Waals surface area contributed by atoms with Crippen molar-refractivity contribution in [2.45, 2.75) is 13.2 Å². The first-order valence-corrected chi connectivity index (χ1v) is 5.81. The van der Waals surface area contributed by atoms with E-state index in [1.807, 2.05) is 18.2 Å². The lowest BCUT2D eigenvalue weighted by molar-refractivity contribution is 0.259. The molecule has 0 spiro atoms. The fraction of sp³-hybridized carbons (Fsp3) is 0.143. The third-order valence-corrected chi connectivity index (χ3v) is 2.64. The molecule has 1 aromatic heterocycles. The van der Waals surface area contributed by atoms with Gasteiger partial charge in [0.1, 0.15) is 23.9 Å². The molecule has 4 N–H and O–H groups in total. The number of benzene rings is 1. The molecule has 98 valence electrons. The van der Waals surface area contributed by atoms with Crippen LogP contribution in [-0.4, -0.2) is 15.9 Å². The van der Waals surface area contributed by atoms with Crippen molar-refractivity contribution in [3.63, 3.8) is 0 Å². The number of hydrogen-bond donors (Lipinski definition) is 3. The van der Waals surface area contributed by atoms with Crippen LogP contribution >= 0.6 is 0 Å². The molecular formula is C14H15N3O2. The molecule has 0 atom stereocenters. The van der Waals surface area contributed by atoms with Crippen molar-refractivity contribution in [2.24, 2.45) is 5.73 Å². The average molecular weight is 257 g/mol. The predicted octanol–water partition coefficient (Wildman–Crippen LogP) is 1.44. The highest BCUT2D eigenvalue weighted by Gasteiger charge is 2.04. The number of nitrogens with two attached hydrogens (primary N) is 1. The number of hydrogen-bond acceptors (Lipinski definition) is 4. The van der Waals surface area contributed by atoms with Crippen LogP contribution in [-0.2, 0) is 13.2 Å². The van der Waals surface area contributed by atoms with Crippen LogP contribution in [0.3, 0.4) is 0 Å². The summed E-state index contributed by atoms with van der Waals surface area (Å²) in [5, 5.41) is 16.5. The maximum absolute atomic E-state index is 9.20. The molecule has 0 amide bonds. The summed E-state index contributed by atoms with van der Waals surface area (Å²) in [5.41, 5.74) is 7.42. The average Bonchev–Trinajstić information content (AvgIpc) is 2.45. The molecule has 0 bridgehead atoms. The van der Waals surface area contributed by atoms with E-state index >= 15 is 0 Å². The number of amidine groups is 1. The lowest BCUT2D eigenvalue weighted by Crippen LogP contribution is -2.13. The van der Waals surface area contributed by atoms with E-state index < -0.39 is 0 Å². The lowest BCUT2D eigenvalue weighted by Gasteiger charge is -2.10. The Kier molecular flexibility index (Phi) is 4.10. The SMILES string of the molecule is N=C(N)c1cc(COc2ccccc2CO)ccn1. The minimum absolute atomic E-state index is 0.0643. The predicted molar refractivity (Wildman–Crippen MR) is 71.9 cm³/mol. The van der Waals surface area contributed by atoms with Gasteiger partial charge in [0.25, 0.3) is 0 Å². The Morgan fingerprint density at radius 2 is 2.11 bits per heavy atom. The standard InChI is InChI=1S/C14H15N3O2/c15-14(16)12-7-10(5-6-17-12)9-19-13-4-2-1-3-11(13)8-18/h1-7,18H,8-9H2,(H3,15,16). The first kappa shape index (κ1) is 13.0. The summed E-state index contributed by atoms with van der Waals surface area (Å²) in [6, 6.07) is 10.8. The molecule has 0 saturated heterocycles. The van der Waals surface area contributed by atoms with Crippen molar-refractivity contribution < 1.29 is 9.84 Å². The Labute approximate surface area is 111 Å². The van der Waals surface area contributed by atoms with Gasteiger partial charge in [-0.25, -0.2) is 0 Å². The molecule has 0 aliphatic rings. The Bertz CT molecular complexity index is 584. The minimum Gasteiger partial charge on any atom is -0.489 e. The van der Waals surface area contributed by atoms with E-state index in [2.05, 4.69) is 4.98 Å². The van der Waals surface area contributed by atoms with E-state index in [9.17, 15) is 5.11 Å². The van der Waals surface area contributed by atoms with E-state index in [4.69, 9.17) is 15.9 Å². The van der Waals surface area contributed by atoms with Gasteiger partial charge in [0.05, 0.1) is 6.61 Å². The number of ether oxygens (including phenoxy) is 1. The van der Waals surface area contributed by atoms with Gasteiger partial charge in [-0.2, -0.15) is 0 Å². The van der Waals surface area contributed by atoms with Crippen molar-refractivity contribution in [1.82, 2.24) is 4.98 Å². The molecule has 5 heteroatoms. The first-order chi connectivity index (χ1) is 9.20. The lowest BCUT2D eigenvalue weighted by atomic mass is 10.2. The zero-order chi connectivity index (χ0) is 13.7. The molecule has 0 radical (unpaired) electrons. The smallest absolute Gasteiger partial charge is 0.141 e. The molecule has 1 heterocycles. The minimum atomic E-state index is -0.0717. The van der Waals surface area contributed by atoms with Crippen molar-refractivity contribution in [3.05, 3.63) is 59.4 Å². The van der Waals surface area contributed by atoms with Crippen LogP contribution < -0.4 is 10.5 Å². The monoisotopic (exact) mass is 257 g/mol. The van der Waals surface area contributed by atoms with Gasteiger partial charge in [0.15, 0.2) is 0 Å². The Morgan fingerprint density at radius 3 is 2.84 bits per heavy atom. The number of rotatable bonds is 5. The molecule has 19 heavy (non-hydrogen) atoms. The van der Waals surface area contributed by atoms with Crippen molar-refractivity contribution in [1.29, 1.82) is 5.41 Å². The maximum Gasteiger partial charge on any atom is 0.141 e. The zero-order valence-electron chi connectivity index (χ0n) is 10.3. The quantitative estimate of drug-likeness (QED) is 0.558. The summed E-state index contributed by atoms with van der Waals surface area (Å²) in [4.78, 5) is 3.98. The summed E-state index contributed by atoms with van der Waals surface area (Å²) < 4.78 is 5.65. The summed E-state index contributed by atoms with van der Waals surface area (Å²) in [5.74, 6) is 0.573. The fourth-order valence-electron chi connectivity index (χ4n) is 1.65. The number of nitrogens with zero attached hydrogens (tertiary/aromatic N) is 1. The molecule has 0 unspecified atom stereocenters. The van der Waals surface area contributed by atoms with Gasteiger partial charge in [-0.15, -0.1) is 0 Å². The number of nitrogens with one attached hydrogen (secondary N) is 1. The normalized spacial score (nSPS) is 10.2. The molecule has 1 aromatic carbocycles. The molecule has 0 saturated carbocycles. The summed E-state index contributed by atoms with van der Waals surface area (Å²) in [6.45, 7) is 0.269. The largest absolute Gasteiger partial charge is 0.489 e. The van der Waals surface area contributed by atoms with E-state index in [0.29, 0.717) is 18.1 Å². The molecule has 0 aliphatic carbocycles. The Balaban J connectivity index is 2.10. The zero-order valence-corrected chi connectivity index (χ0v) is 10.3. The van der Waals surface area contributed by atoms with E-state index in [1.54, 1.807) is 24.4 Å². The van der Waals surface area contributed by atoms with Crippen LogP contribution in [0, 0.1) is 5.41 Å². The highest BCUT2D eigenvalue weighted by atomic mass is 16.5. The summed E-state index contributed by atoms with van der Waals surface area (Å²) in [7, 11) is 0. The number of aromatic nitrogens is 1. The highest BCUT2D eigenvalue weighted by Crippen LogP contribution is 2.19. The van der Waals surface area contributed by atoms with Crippen LogP contribution in [0.2, 0.25) is 0 Å². The third-order valence-electron chi connectivity index (χ3n) is 2.64. The number of para-hydroxylation sites is 1. The van der Waals surface area contributed by atoms with Gasteiger partial charge in [-0.3, -0.25) is 10.4 Å². The van der Waals surface area contributed by atoms with E-state index in [-0.39, 0.29) is 12.4 Å². The first-order valence-electron chi connectivity index (χ1n) is 5.81. The van der Waals surface area contributed by atoms with Crippen LogP contribution in [0.5, 0.6) is 5.75 Å². The molecule has 0 fully saturated rings. The second-order valence-corrected chi connectivity index (χ2v) is 4.02. The topological polar surface area (TPSA) is 92.2 Å². The highest BCUT2D eigenvalue weighted by molar-refractivity contribution is 5.93. The van der Waals surface area contributed by atoms with Crippen LogP contribution in [0.25, 0.3) is 0 Å². The van der Waals surface area contributed by atoms with Gasteiger partial charge >= 0.3 is 0 Å². The number of nitrogen functional groups attached to an aromatic ring is 1. The van der Waals surface area contributed by atoms with Gasteiger partial charge in [-0.1, -0.05) is 18.2 Å². The fourth-order valence-corrected chi connectivity index (χ4v) is 1.65. The molecule has 5 nitrogen and oxygen atoms in total. The maximum atomic E-state index is 9.20. The second-order valence-electron chi connectivity index (χ2n) is 4.02. The van der Waals surface area contributed by atoms with Crippen molar-refractivity contribution in [2.75, 3.05) is 0 Å². The van der Waals surface area contributed by atoms with Gasteiger partial charge in [0, 0.05) is 11.8 Å². The molecule has 0 aliphatic heterocycles. The van der Waals surface area contributed by atoms with Crippen molar-refractivity contribution in [3.8, 4) is 5.75 Å². The molecule has 2 aromatic rings. The summed E-state index contributed by atoms with van der Waals surface area (Å²) >= 11 is 0. The van der Waals surface area contributed by atoms with Gasteiger partial charge in [0.2, 0.25) is 0 Å². The number of pyridine rings is 1. The van der Waals surface area contributed by atoms with Crippen molar-refractivity contribution >= 4 is 5.84 Å². The van der Waals surface area contributed by atoms with Crippen LogP contribution in [0.15, 0.2) is 42.6 Å². The van der Waals surface area contributed by atoms with Gasteiger partial charge in [-0.05, 0) is 23.8 Å². The van der Waals surface area contributed by atoms with Gasteiger partial charge < -0.3 is 15.6 Å². The Hall–Kier alpha value is -2.40. The number of aliphatic hydroxyl groups excluding tert-OH is 1. The molecule has 2 rings (SSSR count). The number of aliphatic hydroxyl groups is 1. The van der Waals surface area contributed by atoms with E-state index in [1.165, 1.54) is 0 Å². The Morgan fingerprint density at radius 1 is 1.32 bits per heavy atom. The third kappa shape index (κ3) is 3.29. The molecular weight excluding hydrogens is 242 g/mol. The van der Waals surface area contributed by atoms with Crippen LogP contribution in [0.1, 0.15) is 16.8 Å². The van der Waals surface area contributed by atoms with E-state index in [0.717, 1.165) is 11.1 Å².